The highest BCUT2D eigenvalue weighted by Gasteiger charge is 2.08. The highest BCUT2D eigenvalue weighted by atomic mass is 19.1. The van der Waals surface area contributed by atoms with Crippen molar-refractivity contribution in [1.82, 2.24) is 15.3 Å². The number of nitrogens with one attached hydrogen (secondary N) is 2. The van der Waals surface area contributed by atoms with Gasteiger partial charge in [0, 0.05) is 12.4 Å². The molecule has 2 N–H and O–H groups in total. The van der Waals surface area contributed by atoms with Crippen molar-refractivity contribution in [3.8, 4) is 11.5 Å². The number of anilines is 2. The molecular formula is C20H19FN4O3. The highest BCUT2D eigenvalue weighted by molar-refractivity contribution is 5.93. The molecule has 8 heteroatoms. The number of rotatable bonds is 8. The molecule has 0 fully saturated rings. The van der Waals surface area contributed by atoms with Gasteiger partial charge in [0.05, 0.1) is 24.9 Å². The molecule has 28 heavy (non-hydrogen) atoms. The molecule has 1 amide bonds. The Hall–Kier alpha value is -3.68. The minimum absolute atomic E-state index is 0.199. The molecule has 0 aliphatic heterocycles. The molecule has 3 rings (SSSR count). The predicted molar refractivity (Wildman–Crippen MR) is 103 cm³/mol. The molecule has 7 nitrogen and oxygen atoms in total. The lowest BCUT2D eigenvalue weighted by molar-refractivity contribution is 0.0946. The van der Waals surface area contributed by atoms with Crippen LogP contribution in [0.4, 0.5) is 16.0 Å². The number of hydrogen-bond donors (Lipinski definition) is 2. The van der Waals surface area contributed by atoms with Crippen LogP contribution in [0.15, 0.2) is 60.9 Å². The second-order valence-corrected chi connectivity index (χ2v) is 5.68. The van der Waals surface area contributed by atoms with Gasteiger partial charge in [-0.25, -0.2) is 14.4 Å². The normalized spacial score (nSPS) is 10.2. The van der Waals surface area contributed by atoms with Gasteiger partial charge in [-0.2, -0.15) is 0 Å². The van der Waals surface area contributed by atoms with Crippen LogP contribution < -0.4 is 20.1 Å². The van der Waals surface area contributed by atoms with Gasteiger partial charge in [0.15, 0.2) is 0 Å². The minimum atomic E-state index is -0.412. The zero-order valence-electron chi connectivity index (χ0n) is 15.2. The van der Waals surface area contributed by atoms with E-state index in [9.17, 15) is 9.18 Å². The Morgan fingerprint density at radius 2 is 1.71 bits per heavy atom. The van der Waals surface area contributed by atoms with Crippen LogP contribution in [0.3, 0.4) is 0 Å². The molecule has 0 unspecified atom stereocenters. The third-order valence-electron chi connectivity index (χ3n) is 3.75. The van der Waals surface area contributed by atoms with Gasteiger partial charge in [-0.3, -0.25) is 4.79 Å². The molecule has 0 bridgehead atoms. The van der Waals surface area contributed by atoms with Gasteiger partial charge in [-0.15, -0.1) is 0 Å². The van der Waals surface area contributed by atoms with Crippen molar-refractivity contribution in [2.75, 3.05) is 25.6 Å². The zero-order chi connectivity index (χ0) is 19.8. The van der Waals surface area contributed by atoms with Crippen LogP contribution in [-0.4, -0.2) is 36.1 Å². The van der Waals surface area contributed by atoms with Crippen molar-refractivity contribution in [1.29, 1.82) is 0 Å². The molecule has 2 aromatic carbocycles. The summed E-state index contributed by atoms with van der Waals surface area (Å²) in [5.74, 6) is 0.889. The second kappa shape index (κ2) is 9.31. The van der Waals surface area contributed by atoms with E-state index in [1.54, 1.807) is 49.6 Å². The van der Waals surface area contributed by atoms with Crippen molar-refractivity contribution in [3.05, 3.63) is 72.3 Å². The van der Waals surface area contributed by atoms with Crippen LogP contribution in [0.25, 0.3) is 0 Å². The van der Waals surface area contributed by atoms with Gasteiger partial charge in [-0.1, -0.05) is 12.1 Å². The molecule has 0 aliphatic carbocycles. The SMILES string of the molecule is COc1ccc(OCCNC(=O)c2cnc(Nc3ccccc3F)nc2)cc1. The number of nitrogens with zero attached hydrogens (tertiary/aromatic N) is 2. The average molecular weight is 382 g/mol. The number of amides is 1. The van der Waals surface area contributed by atoms with Crippen molar-refractivity contribution in [3.63, 3.8) is 0 Å². The van der Waals surface area contributed by atoms with Crippen LogP contribution >= 0.6 is 0 Å². The molecule has 0 saturated heterocycles. The van der Waals surface area contributed by atoms with E-state index in [1.165, 1.54) is 18.5 Å². The lowest BCUT2D eigenvalue weighted by Crippen LogP contribution is -2.28. The maximum Gasteiger partial charge on any atom is 0.254 e. The van der Waals surface area contributed by atoms with Gasteiger partial charge in [0.2, 0.25) is 5.95 Å². The van der Waals surface area contributed by atoms with E-state index in [4.69, 9.17) is 9.47 Å². The first kappa shape index (κ1) is 19.1. The summed E-state index contributed by atoms with van der Waals surface area (Å²) < 4.78 is 24.2. The summed E-state index contributed by atoms with van der Waals surface area (Å²) in [4.78, 5) is 20.2. The maximum atomic E-state index is 13.6. The van der Waals surface area contributed by atoms with Crippen LogP contribution in [0.5, 0.6) is 11.5 Å². The van der Waals surface area contributed by atoms with Crippen molar-refractivity contribution >= 4 is 17.5 Å². The third kappa shape index (κ3) is 5.16. The van der Waals surface area contributed by atoms with Crippen molar-refractivity contribution < 1.29 is 18.7 Å². The van der Waals surface area contributed by atoms with E-state index in [-0.39, 0.29) is 17.5 Å². The van der Waals surface area contributed by atoms with E-state index in [0.717, 1.165) is 5.75 Å². The standard InChI is InChI=1S/C20H19FN4O3/c1-27-15-6-8-16(9-7-15)28-11-10-22-19(26)14-12-23-20(24-13-14)25-18-5-3-2-4-17(18)21/h2-9,12-13H,10-11H2,1H3,(H,22,26)(H,23,24,25). The lowest BCUT2D eigenvalue weighted by Gasteiger charge is -2.09. The Balaban J connectivity index is 1.45. The fraction of sp³-hybridized carbons (Fsp3) is 0.150. The lowest BCUT2D eigenvalue weighted by atomic mass is 10.3. The Morgan fingerprint density at radius 3 is 2.39 bits per heavy atom. The second-order valence-electron chi connectivity index (χ2n) is 5.68. The summed E-state index contributed by atoms with van der Waals surface area (Å²) in [6.45, 7) is 0.631. The molecule has 0 aliphatic rings. The number of methoxy groups -OCH3 is 1. The first-order valence-electron chi connectivity index (χ1n) is 8.54. The van der Waals surface area contributed by atoms with Gasteiger partial charge >= 0.3 is 0 Å². The Kier molecular flexibility index (Phi) is 6.35. The summed E-state index contributed by atoms with van der Waals surface area (Å²) in [5, 5.41) is 5.48. The Bertz CT molecular complexity index is 917. The van der Waals surface area contributed by atoms with E-state index < -0.39 is 5.82 Å². The number of ether oxygens (including phenoxy) is 2. The first-order chi connectivity index (χ1) is 13.7. The number of aromatic nitrogens is 2. The summed E-state index contributed by atoms with van der Waals surface area (Å²) >= 11 is 0. The number of halogens is 1. The fourth-order valence-corrected chi connectivity index (χ4v) is 2.30. The summed E-state index contributed by atoms with van der Waals surface area (Å²) in [7, 11) is 1.59. The van der Waals surface area contributed by atoms with E-state index in [0.29, 0.717) is 24.5 Å². The van der Waals surface area contributed by atoms with Gasteiger partial charge in [0.1, 0.15) is 23.9 Å². The predicted octanol–water partition coefficient (Wildman–Crippen LogP) is 3.18. The number of benzene rings is 2. The zero-order valence-corrected chi connectivity index (χ0v) is 15.2. The molecule has 0 radical (unpaired) electrons. The number of carbonyl (C=O) groups excluding carboxylic acids is 1. The molecule has 1 aromatic heterocycles. The minimum Gasteiger partial charge on any atom is -0.497 e. The van der Waals surface area contributed by atoms with Crippen LogP contribution in [-0.2, 0) is 0 Å². The largest absolute Gasteiger partial charge is 0.497 e. The van der Waals surface area contributed by atoms with E-state index in [2.05, 4.69) is 20.6 Å². The monoisotopic (exact) mass is 382 g/mol. The quantitative estimate of drug-likeness (QED) is 0.582. The van der Waals surface area contributed by atoms with Gasteiger partial charge in [0.25, 0.3) is 5.91 Å². The topological polar surface area (TPSA) is 85.4 Å². The summed E-state index contributed by atoms with van der Waals surface area (Å²) in [6, 6.07) is 13.4. The number of carbonyl (C=O) groups is 1. The number of hydrogen-bond acceptors (Lipinski definition) is 6. The molecule has 0 saturated carbocycles. The maximum absolute atomic E-state index is 13.6. The molecule has 0 atom stereocenters. The smallest absolute Gasteiger partial charge is 0.254 e. The van der Waals surface area contributed by atoms with Gasteiger partial charge in [-0.05, 0) is 36.4 Å². The number of para-hydroxylation sites is 1. The first-order valence-corrected chi connectivity index (χ1v) is 8.54. The van der Waals surface area contributed by atoms with E-state index >= 15 is 0 Å². The molecule has 0 spiro atoms. The Labute approximate surface area is 161 Å². The summed E-state index contributed by atoms with van der Waals surface area (Å²) in [5.41, 5.74) is 0.555. The van der Waals surface area contributed by atoms with Gasteiger partial charge < -0.3 is 20.1 Å². The third-order valence-corrected chi connectivity index (χ3v) is 3.75. The van der Waals surface area contributed by atoms with Crippen LogP contribution in [0.1, 0.15) is 10.4 Å². The molecular weight excluding hydrogens is 363 g/mol. The van der Waals surface area contributed by atoms with Crippen LogP contribution in [0.2, 0.25) is 0 Å². The Morgan fingerprint density at radius 1 is 1.04 bits per heavy atom. The summed E-state index contributed by atoms with van der Waals surface area (Å²) in [6.07, 6.45) is 2.74. The van der Waals surface area contributed by atoms with Crippen molar-refractivity contribution in [2.45, 2.75) is 0 Å². The highest BCUT2D eigenvalue weighted by Crippen LogP contribution is 2.17. The molecule has 1 heterocycles. The average Bonchev–Trinajstić information content (AvgIpc) is 2.73. The molecule has 3 aromatic rings. The molecule has 144 valence electrons. The van der Waals surface area contributed by atoms with Crippen LogP contribution in [0, 0.1) is 5.82 Å². The van der Waals surface area contributed by atoms with E-state index in [1.807, 2.05) is 0 Å². The fourth-order valence-electron chi connectivity index (χ4n) is 2.30. The van der Waals surface area contributed by atoms with Crippen molar-refractivity contribution in [2.24, 2.45) is 0 Å².